The molecule has 3 heterocycles. The number of furan rings is 1. The first-order valence-electron chi connectivity index (χ1n) is 9.54. The second-order valence-electron chi connectivity index (χ2n) is 6.97. The van der Waals surface area contributed by atoms with E-state index in [1.54, 1.807) is 28.2 Å². The number of rotatable bonds is 5. The second kappa shape index (κ2) is 8.43. The van der Waals surface area contributed by atoms with E-state index in [2.05, 4.69) is 21.6 Å². The molecule has 0 radical (unpaired) electrons. The summed E-state index contributed by atoms with van der Waals surface area (Å²) >= 11 is 2.87. The van der Waals surface area contributed by atoms with Gasteiger partial charge in [-0.2, -0.15) is 5.26 Å². The maximum atomic E-state index is 12.8. The number of nitriles is 1. The highest BCUT2D eigenvalue weighted by Crippen LogP contribution is 2.37. The van der Waals surface area contributed by atoms with Gasteiger partial charge < -0.3 is 14.3 Å². The molecule has 0 fully saturated rings. The Bertz CT molecular complexity index is 1060. The van der Waals surface area contributed by atoms with Gasteiger partial charge in [-0.1, -0.05) is 18.2 Å². The van der Waals surface area contributed by atoms with Gasteiger partial charge >= 0.3 is 0 Å². The fraction of sp³-hybridized carbons (Fsp3) is 0.400. The molecular formula is C20H21N5O2S2. The first kappa shape index (κ1) is 19.7. The molecule has 7 nitrogen and oxygen atoms in total. The van der Waals surface area contributed by atoms with E-state index in [1.165, 1.54) is 23.1 Å². The Labute approximate surface area is 177 Å². The van der Waals surface area contributed by atoms with Gasteiger partial charge in [0.1, 0.15) is 11.1 Å². The molecule has 0 spiro atoms. The normalized spacial score (nSPS) is 14.7. The van der Waals surface area contributed by atoms with E-state index in [0.717, 1.165) is 31.2 Å². The second-order valence-corrected chi connectivity index (χ2v) is 9.39. The van der Waals surface area contributed by atoms with Crippen LogP contribution in [0, 0.1) is 11.3 Å². The lowest BCUT2D eigenvalue weighted by molar-refractivity contribution is -0.115. The highest BCUT2D eigenvalue weighted by atomic mass is 32.2. The molecule has 29 heavy (non-hydrogen) atoms. The Hall–Kier alpha value is -2.57. The number of nitrogens with zero attached hydrogens (tertiary/aromatic N) is 4. The Kier molecular flexibility index (Phi) is 5.74. The van der Waals surface area contributed by atoms with E-state index < -0.39 is 5.25 Å². The van der Waals surface area contributed by atoms with Crippen LogP contribution < -0.4 is 5.32 Å². The number of nitrogens with one attached hydrogen (secondary N) is 1. The molecule has 4 rings (SSSR count). The van der Waals surface area contributed by atoms with E-state index >= 15 is 0 Å². The molecule has 0 saturated heterocycles. The zero-order valence-electron chi connectivity index (χ0n) is 16.3. The molecule has 0 unspecified atom stereocenters. The first-order chi connectivity index (χ1) is 14.1. The molecule has 0 saturated carbocycles. The highest BCUT2D eigenvalue weighted by molar-refractivity contribution is 8.00. The highest BCUT2D eigenvalue weighted by Gasteiger charge is 2.24. The van der Waals surface area contributed by atoms with Gasteiger partial charge in [-0.25, -0.2) is 0 Å². The van der Waals surface area contributed by atoms with Crippen molar-refractivity contribution in [1.82, 2.24) is 14.8 Å². The van der Waals surface area contributed by atoms with E-state index in [9.17, 15) is 10.1 Å². The van der Waals surface area contributed by atoms with Crippen molar-refractivity contribution >= 4 is 34.0 Å². The summed E-state index contributed by atoms with van der Waals surface area (Å²) in [5.41, 5.74) is 1.76. The van der Waals surface area contributed by atoms with Crippen molar-refractivity contribution in [2.24, 2.45) is 7.05 Å². The molecule has 150 valence electrons. The Morgan fingerprint density at radius 2 is 2.21 bits per heavy atom. The minimum atomic E-state index is -0.393. The summed E-state index contributed by atoms with van der Waals surface area (Å²) in [5.74, 6) is 1.09. The van der Waals surface area contributed by atoms with Crippen LogP contribution >= 0.6 is 23.1 Å². The van der Waals surface area contributed by atoms with Crippen LogP contribution in [0.5, 0.6) is 0 Å². The van der Waals surface area contributed by atoms with Gasteiger partial charge in [-0.05, 0) is 50.3 Å². The molecule has 1 aliphatic carbocycles. The number of carbonyl (C=O) groups excluding carboxylic acids is 1. The Morgan fingerprint density at radius 1 is 1.38 bits per heavy atom. The quantitative estimate of drug-likeness (QED) is 0.479. The number of anilines is 1. The molecule has 0 aromatic carbocycles. The van der Waals surface area contributed by atoms with Crippen molar-refractivity contribution in [2.45, 2.75) is 49.4 Å². The minimum absolute atomic E-state index is 0.148. The standard InChI is InChI=1S/C20H21N5O2S2/c1-12(28-20-24-23-17(25(20)2)15-8-6-10-27-15)18(26)22-19-14(11-21)13-7-4-3-5-9-16(13)29-19/h6,8,10,12H,3-5,7,9H2,1-2H3,(H,22,26)/t12-/m0/s1. The van der Waals surface area contributed by atoms with Gasteiger partial charge in [0.05, 0.1) is 17.1 Å². The van der Waals surface area contributed by atoms with Crippen molar-refractivity contribution in [3.63, 3.8) is 0 Å². The number of fused-ring (bicyclic) bond motifs is 1. The molecule has 9 heteroatoms. The van der Waals surface area contributed by atoms with Crippen molar-refractivity contribution in [3.05, 3.63) is 34.4 Å². The van der Waals surface area contributed by atoms with E-state index in [-0.39, 0.29) is 5.91 Å². The van der Waals surface area contributed by atoms with Crippen molar-refractivity contribution < 1.29 is 9.21 Å². The lowest BCUT2D eigenvalue weighted by Gasteiger charge is -2.11. The van der Waals surface area contributed by atoms with Crippen molar-refractivity contribution in [2.75, 3.05) is 5.32 Å². The number of hydrogen-bond acceptors (Lipinski definition) is 7. The molecule has 0 aliphatic heterocycles. The zero-order valence-corrected chi connectivity index (χ0v) is 17.9. The summed E-state index contributed by atoms with van der Waals surface area (Å²) in [6, 6.07) is 5.92. The molecule has 3 aromatic rings. The van der Waals surface area contributed by atoms with Crippen LogP contribution in [0.15, 0.2) is 28.0 Å². The summed E-state index contributed by atoms with van der Waals surface area (Å²) in [5, 5.41) is 21.9. The number of amides is 1. The molecule has 0 bridgehead atoms. The van der Waals surface area contributed by atoms with Crippen molar-refractivity contribution in [1.29, 1.82) is 5.26 Å². The fourth-order valence-corrected chi connectivity index (χ4v) is 5.47. The number of hydrogen-bond donors (Lipinski definition) is 1. The maximum absolute atomic E-state index is 12.8. The van der Waals surface area contributed by atoms with Gasteiger partial charge in [0, 0.05) is 11.9 Å². The predicted octanol–water partition coefficient (Wildman–Crippen LogP) is 4.40. The van der Waals surface area contributed by atoms with Crippen LogP contribution in [-0.4, -0.2) is 25.9 Å². The van der Waals surface area contributed by atoms with E-state index in [4.69, 9.17) is 4.42 Å². The van der Waals surface area contributed by atoms with Gasteiger partial charge in [-0.15, -0.1) is 21.5 Å². The lowest BCUT2D eigenvalue weighted by atomic mass is 10.1. The summed E-state index contributed by atoms with van der Waals surface area (Å²) in [6.07, 6.45) is 6.93. The van der Waals surface area contributed by atoms with Crippen molar-refractivity contribution in [3.8, 4) is 17.7 Å². The third-order valence-corrected chi connectivity index (χ3v) is 7.34. The predicted molar refractivity (Wildman–Crippen MR) is 113 cm³/mol. The van der Waals surface area contributed by atoms with Crippen LogP contribution in [0.4, 0.5) is 5.00 Å². The van der Waals surface area contributed by atoms with Gasteiger partial charge in [-0.3, -0.25) is 4.79 Å². The van der Waals surface area contributed by atoms with E-state index in [0.29, 0.717) is 27.3 Å². The lowest BCUT2D eigenvalue weighted by Crippen LogP contribution is -2.22. The van der Waals surface area contributed by atoms with Crippen LogP contribution in [0.2, 0.25) is 0 Å². The Morgan fingerprint density at radius 3 is 2.97 bits per heavy atom. The van der Waals surface area contributed by atoms with E-state index in [1.807, 2.05) is 20.0 Å². The van der Waals surface area contributed by atoms with Crippen LogP contribution in [0.25, 0.3) is 11.6 Å². The third-order valence-electron chi connectivity index (χ3n) is 5.00. The van der Waals surface area contributed by atoms with Gasteiger partial charge in [0.2, 0.25) is 5.91 Å². The van der Waals surface area contributed by atoms with Crippen LogP contribution in [-0.2, 0) is 24.7 Å². The molecule has 1 N–H and O–H groups in total. The summed E-state index contributed by atoms with van der Waals surface area (Å²) < 4.78 is 7.19. The SMILES string of the molecule is C[C@H](Sc1nnc(-c2ccco2)n1C)C(=O)Nc1sc2c(c1C#N)CCCCC2. The molecular weight excluding hydrogens is 406 g/mol. The number of aromatic nitrogens is 3. The zero-order chi connectivity index (χ0) is 20.4. The smallest absolute Gasteiger partial charge is 0.238 e. The molecule has 1 amide bonds. The van der Waals surface area contributed by atoms with Crippen LogP contribution in [0.3, 0.4) is 0 Å². The average Bonchev–Trinajstić information content (AvgIpc) is 3.39. The third kappa shape index (κ3) is 3.95. The minimum Gasteiger partial charge on any atom is -0.461 e. The average molecular weight is 428 g/mol. The monoisotopic (exact) mass is 427 g/mol. The summed E-state index contributed by atoms with van der Waals surface area (Å²) in [6.45, 7) is 1.83. The molecule has 1 aliphatic rings. The number of carbonyl (C=O) groups is 1. The number of thiophene rings is 1. The molecule has 1 atom stereocenters. The first-order valence-corrected chi connectivity index (χ1v) is 11.2. The Balaban J connectivity index is 1.48. The van der Waals surface area contributed by atoms with Gasteiger partial charge in [0.15, 0.2) is 16.7 Å². The number of thioether (sulfide) groups is 1. The van der Waals surface area contributed by atoms with Crippen LogP contribution in [0.1, 0.15) is 42.2 Å². The topological polar surface area (TPSA) is 96.7 Å². The summed E-state index contributed by atoms with van der Waals surface area (Å²) in [7, 11) is 1.84. The van der Waals surface area contributed by atoms with Gasteiger partial charge in [0.25, 0.3) is 0 Å². The fourth-order valence-electron chi connectivity index (χ4n) is 3.41. The summed E-state index contributed by atoms with van der Waals surface area (Å²) in [4.78, 5) is 14.0. The largest absolute Gasteiger partial charge is 0.461 e. The maximum Gasteiger partial charge on any atom is 0.238 e. The number of aryl methyl sites for hydroxylation is 1. The molecule has 3 aromatic heterocycles.